The molecule has 138 valence electrons. The molecule has 8 heteroatoms. The second-order valence-corrected chi connectivity index (χ2v) is 7.00. The van der Waals surface area contributed by atoms with Crippen molar-refractivity contribution in [3.8, 4) is 0 Å². The van der Waals surface area contributed by atoms with Gasteiger partial charge in [-0.1, -0.05) is 6.92 Å². The third-order valence-corrected chi connectivity index (χ3v) is 5.07. The highest BCUT2D eigenvalue weighted by Gasteiger charge is 2.37. The van der Waals surface area contributed by atoms with Crippen molar-refractivity contribution in [1.29, 1.82) is 0 Å². The first-order valence-electron chi connectivity index (χ1n) is 8.52. The van der Waals surface area contributed by atoms with Crippen molar-refractivity contribution in [2.45, 2.75) is 63.3 Å². The molecule has 4 nitrogen and oxygen atoms in total. The van der Waals surface area contributed by atoms with Gasteiger partial charge in [0.1, 0.15) is 0 Å². The molecule has 0 amide bonds. The summed E-state index contributed by atoms with van der Waals surface area (Å²) >= 11 is 0. The zero-order chi connectivity index (χ0) is 18.2. The van der Waals surface area contributed by atoms with E-state index in [0.717, 1.165) is 0 Å². The van der Waals surface area contributed by atoms with E-state index < -0.39 is 18.4 Å². The summed E-state index contributed by atoms with van der Waals surface area (Å²) in [7, 11) is 0. The molecule has 25 heavy (non-hydrogen) atoms. The lowest BCUT2D eigenvalue weighted by Crippen LogP contribution is -2.31. The molecule has 2 aromatic rings. The molecule has 0 radical (unpaired) electrons. The SMILES string of the molecule is CC(CC(F)F)c1cnn2cc(C(N)C3CCC(F)(F)CC3)nc2c1. The number of hydrogen-bond donors (Lipinski definition) is 1. The first kappa shape index (κ1) is 18.1. The van der Waals surface area contributed by atoms with Gasteiger partial charge < -0.3 is 5.73 Å². The summed E-state index contributed by atoms with van der Waals surface area (Å²) in [5.74, 6) is -2.96. The molecule has 0 aromatic carbocycles. The van der Waals surface area contributed by atoms with Crippen molar-refractivity contribution in [3.05, 3.63) is 29.7 Å². The standard InChI is InChI=1S/C17H22F4N4/c1-10(6-14(18)19)12-7-15-24-13(9-25(15)23-8-12)16(22)11-2-4-17(20,21)5-3-11/h7-11,14,16H,2-6,22H2,1H3. The van der Waals surface area contributed by atoms with Gasteiger partial charge in [0.15, 0.2) is 5.65 Å². The Bertz CT molecular complexity index is 721. The molecular weight excluding hydrogens is 336 g/mol. The fourth-order valence-corrected chi connectivity index (χ4v) is 3.41. The molecular formula is C17H22F4N4. The van der Waals surface area contributed by atoms with Crippen LogP contribution in [0.3, 0.4) is 0 Å². The van der Waals surface area contributed by atoms with Crippen LogP contribution in [0.5, 0.6) is 0 Å². The monoisotopic (exact) mass is 358 g/mol. The topological polar surface area (TPSA) is 56.2 Å². The number of fused-ring (bicyclic) bond motifs is 1. The quantitative estimate of drug-likeness (QED) is 0.810. The van der Waals surface area contributed by atoms with Gasteiger partial charge in [-0.15, -0.1) is 0 Å². The average molecular weight is 358 g/mol. The van der Waals surface area contributed by atoms with Crippen LogP contribution in [0, 0.1) is 5.92 Å². The van der Waals surface area contributed by atoms with Gasteiger partial charge in [-0.25, -0.2) is 27.1 Å². The number of alkyl halides is 4. The molecule has 1 fully saturated rings. The molecule has 2 aromatic heterocycles. The molecule has 0 spiro atoms. The second-order valence-electron chi connectivity index (χ2n) is 7.00. The number of nitrogens with two attached hydrogens (primary N) is 1. The van der Waals surface area contributed by atoms with Gasteiger partial charge in [0.05, 0.1) is 24.1 Å². The van der Waals surface area contributed by atoms with Crippen LogP contribution in [0.4, 0.5) is 17.6 Å². The summed E-state index contributed by atoms with van der Waals surface area (Å²) in [4.78, 5) is 4.45. The van der Waals surface area contributed by atoms with Crippen molar-refractivity contribution in [2.24, 2.45) is 11.7 Å². The summed E-state index contributed by atoms with van der Waals surface area (Å²) in [5.41, 5.74) is 8.06. The Morgan fingerprint density at radius 1 is 1.32 bits per heavy atom. The third kappa shape index (κ3) is 4.11. The predicted molar refractivity (Wildman–Crippen MR) is 85.9 cm³/mol. The molecule has 2 atom stereocenters. The van der Waals surface area contributed by atoms with E-state index in [0.29, 0.717) is 29.7 Å². The van der Waals surface area contributed by atoms with E-state index in [1.54, 1.807) is 29.9 Å². The molecule has 0 bridgehead atoms. The van der Waals surface area contributed by atoms with E-state index in [1.807, 2.05) is 0 Å². The highest BCUT2D eigenvalue weighted by molar-refractivity contribution is 5.42. The molecule has 2 N–H and O–H groups in total. The van der Waals surface area contributed by atoms with Crippen LogP contribution < -0.4 is 5.73 Å². The number of nitrogens with zero attached hydrogens (tertiary/aromatic N) is 3. The van der Waals surface area contributed by atoms with Crippen LogP contribution in [0.15, 0.2) is 18.5 Å². The number of rotatable bonds is 5. The van der Waals surface area contributed by atoms with E-state index in [1.165, 1.54) is 0 Å². The van der Waals surface area contributed by atoms with E-state index in [9.17, 15) is 17.6 Å². The first-order chi connectivity index (χ1) is 11.7. The van der Waals surface area contributed by atoms with Gasteiger partial charge in [-0.2, -0.15) is 5.10 Å². The Hall–Kier alpha value is -1.70. The third-order valence-electron chi connectivity index (χ3n) is 5.07. The van der Waals surface area contributed by atoms with Gasteiger partial charge in [-0.05, 0) is 36.3 Å². The van der Waals surface area contributed by atoms with Gasteiger partial charge in [0.2, 0.25) is 12.3 Å². The number of hydrogen-bond acceptors (Lipinski definition) is 3. The Morgan fingerprint density at radius 2 is 2.00 bits per heavy atom. The smallest absolute Gasteiger partial charge is 0.248 e. The van der Waals surface area contributed by atoms with Crippen LogP contribution >= 0.6 is 0 Å². The maximum Gasteiger partial charge on any atom is 0.248 e. The summed E-state index contributed by atoms with van der Waals surface area (Å²) in [5, 5.41) is 4.21. The minimum absolute atomic E-state index is 0.0400. The summed E-state index contributed by atoms with van der Waals surface area (Å²) in [6.07, 6.45) is 1.07. The summed E-state index contributed by atoms with van der Waals surface area (Å²) < 4.78 is 53.2. The molecule has 1 saturated carbocycles. The fraction of sp³-hybridized carbons (Fsp3) is 0.647. The summed E-state index contributed by atoms with van der Waals surface area (Å²) in [6, 6.07) is 1.30. The van der Waals surface area contributed by atoms with Gasteiger partial charge in [0, 0.05) is 19.3 Å². The minimum Gasteiger partial charge on any atom is -0.322 e. The molecule has 2 heterocycles. The first-order valence-corrected chi connectivity index (χ1v) is 8.52. The summed E-state index contributed by atoms with van der Waals surface area (Å²) in [6.45, 7) is 1.72. The van der Waals surface area contributed by atoms with Crippen molar-refractivity contribution < 1.29 is 17.6 Å². The Balaban J connectivity index is 1.77. The number of imidazole rings is 1. The largest absolute Gasteiger partial charge is 0.322 e. The second kappa shape index (κ2) is 6.90. The lowest BCUT2D eigenvalue weighted by molar-refractivity contribution is -0.0484. The zero-order valence-electron chi connectivity index (χ0n) is 14.0. The maximum absolute atomic E-state index is 13.3. The molecule has 1 aliphatic carbocycles. The lowest BCUT2D eigenvalue weighted by atomic mass is 9.81. The van der Waals surface area contributed by atoms with Crippen molar-refractivity contribution in [2.75, 3.05) is 0 Å². The zero-order valence-corrected chi connectivity index (χ0v) is 14.0. The average Bonchev–Trinajstić information content (AvgIpc) is 2.96. The van der Waals surface area contributed by atoms with Crippen molar-refractivity contribution in [1.82, 2.24) is 14.6 Å². The van der Waals surface area contributed by atoms with Crippen molar-refractivity contribution >= 4 is 5.65 Å². The minimum atomic E-state index is -2.59. The molecule has 3 rings (SSSR count). The van der Waals surface area contributed by atoms with Gasteiger partial charge >= 0.3 is 0 Å². The van der Waals surface area contributed by atoms with Gasteiger partial charge in [-0.3, -0.25) is 0 Å². The fourth-order valence-electron chi connectivity index (χ4n) is 3.41. The van der Waals surface area contributed by atoms with E-state index in [-0.39, 0.29) is 31.1 Å². The highest BCUT2D eigenvalue weighted by atomic mass is 19.3. The number of aromatic nitrogens is 3. The van der Waals surface area contributed by atoms with Crippen molar-refractivity contribution in [3.63, 3.8) is 0 Å². The molecule has 1 aliphatic rings. The van der Waals surface area contributed by atoms with E-state index in [4.69, 9.17) is 5.73 Å². The van der Waals surface area contributed by atoms with Crippen LogP contribution in [0.2, 0.25) is 0 Å². The lowest BCUT2D eigenvalue weighted by Gasteiger charge is -2.31. The van der Waals surface area contributed by atoms with Crippen LogP contribution in [-0.4, -0.2) is 26.9 Å². The van der Waals surface area contributed by atoms with Crippen LogP contribution in [-0.2, 0) is 0 Å². The van der Waals surface area contributed by atoms with E-state index >= 15 is 0 Å². The molecule has 0 saturated heterocycles. The van der Waals surface area contributed by atoms with Crippen LogP contribution in [0.25, 0.3) is 5.65 Å². The maximum atomic E-state index is 13.3. The Labute approximate surface area is 143 Å². The highest BCUT2D eigenvalue weighted by Crippen LogP contribution is 2.40. The van der Waals surface area contributed by atoms with E-state index in [2.05, 4.69) is 10.1 Å². The predicted octanol–water partition coefficient (Wildman–Crippen LogP) is 4.31. The van der Waals surface area contributed by atoms with Gasteiger partial charge in [0.25, 0.3) is 0 Å². The molecule has 0 aliphatic heterocycles. The Morgan fingerprint density at radius 3 is 2.64 bits per heavy atom. The normalized spacial score (nSPS) is 20.9. The molecule has 2 unspecified atom stereocenters. The van der Waals surface area contributed by atoms with Crippen LogP contribution in [0.1, 0.15) is 62.2 Å². The number of halogens is 4. The Kier molecular flexibility index (Phi) is 4.99.